The Morgan fingerprint density at radius 1 is 1.37 bits per heavy atom. The Kier molecular flexibility index (Phi) is 2.97. The number of anilines is 1. The molecule has 3 aliphatic heterocycles. The molecule has 0 aliphatic carbocycles. The third kappa shape index (κ3) is 2.00. The van der Waals surface area contributed by atoms with Crippen LogP contribution in [0, 0.1) is 12.8 Å². The van der Waals surface area contributed by atoms with Crippen LogP contribution in [0.2, 0.25) is 0 Å². The van der Waals surface area contributed by atoms with E-state index in [1.54, 1.807) is 0 Å². The molecule has 3 aliphatic rings. The van der Waals surface area contributed by atoms with Gasteiger partial charge in [0, 0.05) is 12.2 Å². The first-order chi connectivity index (χ1) is 9.12. The number of nitrogens with two attached hydrogens (primary N) is 1. The van der Waals surface area contributed by atoms with Gasteiger partial charge in [0.2, 0.25) is 5.91 Å². The number of hydrogen-bond acceptors (Lipinski definition) is 3. The number of amides is 1. The van der Waals surface area contributed by atoms with E-state index in [9.17, 15) is 4.79 Å². The van der Waals surface area contributed by atoms with E-state index in [0.717, 1.165) is 43.7 Å². The lowest BCUT2D eigenvalue weighted by atomic mass is 9.72. The van der Waals surface area contributed by atoms with E-state index in [-0.39, 0.29) is 5.91 Å². The Morgan fingerprint density at radius 3 is 2.58 bits per heavy atom. The normalized spacial score (nSPS) is 33.1. The van der Waals surface area contributed by atoms with Crippen molar-refractivity contribution in [1.82, 2.24) is 4.90 Å². The highest BCUT2D eigenvalue weighted by Crippen LogP contribution is 2.38. The summed E-state index contributed by atoms with van der Waals surface area (Å²) in [6, 6.07) is 8.08. The van der Waals surface area contributed by atoms with Crippen LogP contribution in [-0.4, -0.2) is 36.0 Å². The summed E-state index contributed by atoms with van der Waals surface area (Å²) in [5, 5.41) is 3.48. The second kappa shape index (κ2) is 4.53. The van der Waals surface area contributed by atoms with E-state index < -0.39 is 5.54 Å². The summed E-state index contributed by atoms with van der Waals surface area (Å²) < 4.78 is 0. The molecule has 0 aromatic heterocycles. The molecule has 1 amide bonds. The number of primary amides is 1. The average molecular weight is 259 g/mol. The van der Waals surface area contributed by atoms with Crippen LogP contribution in [0.5, 0.6) is 0 Å². The Balaban J connectivity index is 1.94. The van der Waals surface area contributed by atoms with Crippen LogP contribution >= 0.6 is 0 Å². The van der Waals surface area contributed by atoms with Gasteiger partial charge in [-0.15, -0.1) is 0 Å². The fourth-order valence-corrected chi connectivity index (χ4v) is 3.50. The molecule has 0 spiro atoms. The third-order valence-electron chi connectivity index (χ3n) is 4.70. The van der Waals surface area contributed by atoms with Crippen molar-refractivity contribution in [3.8, 4) is 0 Å². The number of rotatable bonds is 3. The van der Waals surface area contributed by atoms with Gasteiger partial charge in [0.05, 0.1) is 0 Å². The van der Waals surface area contributed by atoms with Crippen LogP contribution in [0.15, 0.2) is 24.3 Å². The second-order valence-electron chi connectivity index (χ2n) is 5.83. The van der Waals surface area contributed by atoms with Gasteiger partial charge in [0.1, 0.15) is 5.54 Å². The minimum atomic E-state index is -0.595. The van der Waals surface area contributed by atoms with Crippen molar-refractivity contribution in [3.05, 3.63) is 29.8 Å². The van der Waals surface area contributed by atoms with E-state index in [0.29, 0.717) is 5.92 Å². The molecule has 1 atom stereocenters. The molecule has 3 heterocycles. The SMILES string of the molecule is Cc1ccccc1NC1(C(N)=O)CN2CCC1CC2. The van der Waals surface area contributed by atoms with Crippen LogP contribution in [-0.2, 0) is 4.79 Å². The summed E-state index contributed by atoms with van der Waals surface area (Å²) >= 11 is 0. The Hall–Kier alpha value is -1.55. The van der Waals surface area contributed by atoms with E-state index >= 15 is 0 Å². The van der Waals surface area contributed by atoms with Crippen molar-refractivity contribution in [2.75, 3.05) is 25.0 Å². The van der Waals surface area contributed by atoms with Crippen LogP contribution < -0.4 is 11.1 Å². The highest BCUT2D eigenvalue weighted by molar-refractivity contribution is 5.89. The molecule has 19 heavy (non-hydrogen) atoms. The summed E-state index contributed by atoms with van der Waals surface area (Å²) in [6.07, 6.45) is 2.11. The van der Waals surface area contributed by atoms with E-state index in [4.69, 9.17) is 5.73 Å². The molecule has 3 N–H and O–H groups in total. The quantitative estimate of drug-likeness (QED) is 0.861. The molecule has 3 saturated heterocycles. The predicted molar refractivity (Wildman–Crippen MR) is 75.9 cm³/mol. The van der Waals surface area contributed by atoms with Gasteiger partial charge >= 0.3 is 0 Å². The fourth-order valence-electron chi connectivity index (χ4n) is 3.50. The van der Waals surface area contributed by atoms with Crippen LogP contribution in [0.4, 0.5) is 5.69 Å². The summed E-state index contributed by atoms with van der Waals surface area (Å²) in [7, 11) is 0. The van der Waals surface area contributed by atoms with Gasteiger partial charge < -0.3 is 16.0 Å². The summed E-state index contributed by atoms with van der Waals surface area (Å²) in [6.45, 7) is 4.98. The molecule has 2 bridgehead atoms. The van der Waals surface area contributed by atoms with E-state index in [1.165, 1.54) is 0 Å². The highest BCUT2D eigenvalue weighted by Gasteiger charge is 2.51. The van der Waals surface area contributed by atoms with Crippen molar-refractivity contribution in [2.45, 2.75) is 25.3 Å². The minimum absolute atomic E-state index is 0.217. The van der Waals surface area contributed by atoms with Gasteiger partial charge in [-0.3, -0.25) is 4.79 Å². The smallest absolute Gasteiger partial charge is 0.244 e. The van der Waals surface area contributed by atoms with Crippen molar-refractivity contribution in [3.63, 3.8) is 0 Å². The Bertz CT molecular complexity index is 494. The zero-order valence-electron chi connectivity index (χ0n) is 11.4. The van der Waals surface area contributed by atoms with Crippen LogP contribution in [0.3, 0.4) is 0 Å². The molecule has 1 aromatic carbocycles. The molecular formula is C15H21N3O. The van der Waals surface area contributed by atoms with Gasteiger partial charge in [-0.2, -0.15) is 0 Å². The maximum atomic E-state index is 12.1. The molecule has 4 heteroatoms. The molecule has 4 rings (SSSR count). The Labute approximate surface area is 114 Å². The van der Waals surface area contributed by atoms with Gasteiger partial charge in [0.15, 0.2) is 0 Å². The number of aryl methyl sites for hydroxylation is 1. The van der Waals surface area contributed by atoms with Gasteiger partial charge in [-0.25, -0.2) is 0 Å². The zero-order chi connectivity index (χ0) is 13.5. The largest absolute Gasteiger partial charge is 0.370 e. The van der Waals surface area contributed by atoms with Gasteiger partial charge in [-0.1, -0.05) is 18.2 Å². The molecule has 1 aromatic rings. The zero-order valence-corrected chi connectivity index (χ0v) is 11.4. The summed E-state index contributed by atoms with van der Waals surface area (Å²) in [5.74, 6) is 0.139. The lowest BCUT2D eigenvalue weighted by molar-refractivity contribution is -0.128. The predicted octanol–water partition coefficient (Wildman–Crippen LogP) is 1.36. The molecule has 0 radical (unpaired) electrons. The molecular weight excluding hydrogens is 238 g/mol. The average Bonchev–Trinajstić information content (AvgIpc) is 2.42. The third-order valence-corrected chi connectivity index (χ3v) is 4.70. The topological polar surface area (TPSA) is 58.4 Å². The number of piperidine rings is 3. The van der Waals surface area contributed by atoms with E-state index in [2.05, 4.69) is 23.2 Å². The summed E-state index contributed by atoms with van der Waals surface area (Å²) in [4.78, 5) is 14.5. The summed E-state index contributed by atoms with van der Waals surface area (Å²) in [5.41, 5.74) is 7.34. The minimum Gasteiger partial charge on any atom is -0.370 e. The number of nitrogens with one attached hydrogen (secondary N) is 1. The maximum absolute atomic E-state index is 12.1. The van der Waals surface area contributed by atoms with Crippen LogP contribution in [0.1, 0.15) is 18.4 Å². The Morgan fingerprint density at radius 2 is 2.05 bits per heavy atom. The first-order valence-electron chi connectivity index (χ1n) is 6.98. The maximum Gasteiger partial charge on any atom is 0.244 e. The first kappa shape index (κ1) is 12.5. The van der Waals surface area contributed by atoms with Crippen molar-refractivity contribution >= 4 is 11.6 Å². The standard InChI is InChI=1S/C15H21N3O/c1-11-4-2-3-5-13(11)17-15(14(16)19)10-18-8-6-12(15)7-9-18/h2-5,12,17H,6-10H2,1H3,(H2,16,19). The molecule has 102 valence electrons. The van der Waals surface area contributed by atoms with Gasteiger partial charge in [0.25, 0.3) is 0 Å². The number of benzene rings is 1. The van der Waals surface area contributed by atoms with Gasteiger partial charge in [-0.05, 0) is 50.4 Å². The lowest BCUT2D eigenvalue weighted by Gasteiger charge is -2.52. The number of carbonyl (C=O) groups excluding carboxylic acids is 1. The number of carbonyl (C=O) groups is 1. The fraction of sp³-hybridized carbons (Fsp3) is 0.533. The van der Waals surface area contributed by atoms with Crippen molar-refractivity contribution in [2.24, 2.45) is 11.7 Å². The molecule has 0 saturated carbocycles. The molecule has 1 unspecified atom stereocenters. The number of nitrogens with zero attached hydrogens (tertiary/aromatic N) is 1. The van der Waals surface area contributed by atoms with E-state index in [1.807, 2.05) is 18.2 Å². The second-order valence-corrected chi connectivity index (χ2v) is 5.83. The number of hydrogen-bond donors (Lipinski definition) is 2. The monoisotopic (exact) mass is 259 g/mol. The number of para-hydroxylation sites is 1. The van der Waals surface area contributed by atoms with Crippen molar-refractivity contribution < 1.29 is 4.79 Å². The molecule has 3 fully saturated rings. The first-order valence-corrected chi connectivity index (χ1v) is 6.98. The lowest BCUT2D eigenvalue weighted by Crippen LogP contribution is -2.68. The number of fused-ring (bicyclic) bond motifs is 3. The van der Waals surface area contributed by atoms with Crippen LogP contribution in [0.25, 0.3) is 0 Å². The highest BCUT2D eigenvalue weighted by atomic mass is 16.1. The van der Waals surface area contributed by atoms with Crippen molar-refractivity contribution in [1.29, 1.82) is 0 Å². The molecule has 4 nitrogen and oxygen atoms in total.